The Kier molecular flexibility index (Phi) is 6.56. The molecule has 1 amide bonds. The predicted octanol–water partition coefficient (Wildman–Crippen LogP) is 4.21. The first-order chi connectivity index (χ1) is 14.1. The number of rotatable bonds is 6. The molecule has 1 heterocycles. The lowest BCUT2D eigenvalue weighted by atomic mass is 9.86. The fraction of sp³-hybridized carbons (Fsp3) is 0.458. The first-order valence-electron chi connectivity index (χ1n) is 10.4. The van der Waals surface area contributed by atoms with Crippen LogP contribution in [0.1, 0.15) is 55.6 Å². The van der Waals surface area contributed by atoms with Crippen molar-refractivity contribution >= 4 is 15.7 Å². The zero-order valence-electron chi connectivity index (χ0n) is 18.2. The van der Waals surface area contributed by atoms with Crippen molar-refractivity contribution in [3.8, 4) is 5.75 Å². The van der Waals surface area contributed by atoms with Crippen molar-refractivity contribution in [1.82, 2.24) is 4.90 Å². The van der Waals surface area contributed by atoms with Gasteiger partial charge in [-0.2, -0.15) is 0 Å². The number of amides is 1. The van der Waals surface area contributed by atoms with Gasteiger partial charge in [-0.05, 0) is 54.2 Å². The summed E-state index contributed by atoms with van der Waals surface area (Å²) in [5.74, 6) is 0.801. The number of ether oxygens (including phenoxy) is 1. The van der Waals surface area contributed by atoms with Crippen LogP contribution in [-0.2, 0) is 21.8 Å². The summed E-state index contributed by atoms with van der Waals surface area (Å²) in [6.45, 7) is 9.28. The van der Waals surface area contributed by atoms with Gasteiger partial charge < -0.3 is 9.64 Å². The van der Waals surface area contributed by atoms with Gasteiger partial charge in [-0.1, -0.05) is 45.0 Å². The van der Waals surface area contributed by atoms with E-state index < -0.39 is 9.84 Å². The summed E-state index contributed by atoms with van der Waals surface area (Å²) in [5, 5.41) is 0. The van der Waals surface area contributed by atoms with Gasteiger partial charge in [0.2, 0.25) is 0 Å². The number of hydrogen-bond donors (Lipinski definition) is 0. The van der Waals surface area contributed by atoms with Crippen LogP contribution in [0.25, 0.3) is 0 Å². The van der Waals surface area contributed by atoms with E-state index in [0.717, 1.165) is 16.9 Å². The summed E-state index contributed by atoms with van der Waals surface area (Å²) in [6.07, 6.45) is 0.477. The van der Waals surface area contributed by atoms with Crippen LogP contribution in [0.2, 0.25) is 0 Å². The molecule has 0 aromatic heterocycles. The first kappa shape index (κ1) is 22.3. The van der Waals surface area contributed by atoms with E-state index in [1.54, 1.807) is 4.90 Å². The number of hydrogen-bond acceptors (Lipinski definition) is 4. The van der Waals surface area contributed by atoms with Gasteiger partial charge in [0, 0.05) is 18.2 Å². The Balaban J connectivity index is 1.86. The number of nitrogens with zero attached hydrogens (tertiary/aromatic N) is 1. The Bertz CT molecular complexity index is 973. The molecular weight excluding hydrogens is 398 g/mol. The summed E-state index contributed by atoms with van der Waals surface area (Å²) >= 11 is 0. The highest BCUT2D eigenvalue weighted by atomic mass is 32.2. The Morgan fingerprint density at radius 2 is 1.70 bits per heavy atom. The third kappa shape index (κ3) is 5.42. The lowest BCUT2D eigenvalue weighted by Gasteiger charge is -2.29. The summed E-state index contributed by atoms with van der Waals surface area (Å²) < 4.78 is 29.6. The van der Waals surface area contributed by atoms with Gasteiger partial charge in [0.1, 0.15) is 5.75 Å². The second-order valence-electron chi connectivity index (χ2n) is 8.89. The normalized spacial score (nSPS) is 18.2. The van der Waals surface area contributed by atoms with Gasteiger partial charge in [-0.15, -0.1) is 0 Å². The molecule has 30 heavy (non-hydrogen) atoms. The quantitative estimate of drug-likeness (QED) is 0.690. The van der Waals surface area contributed by atoms with Crippen molar-refractivity contribution in [1.29, 1.82) is 0 Å². The highest BCUT2D eigenvalue weighted by molar-refractivity contribution is 7.91. The van der Waals surface area contributed by atoms with Crippen LogP contribution in [0.5, 0.6) is 5.75 Å². The maximum atomic E-state index is 13.4. The number of sulfone groups is 1. The summed E-state index contributed by atoms with van der Waals surface area (Å²) in [4.78, 5) is 15.1. The molecule has 0 N–H and O–H groups in total. The molecule has 2 aromatic rings. The Morgan fingerprint density at radius 1 is 1.07 bits per heavy atom. The zero-order valence-corrected chi connectivity index (χ0v) is 19.0. The van der Waals surface area contributed by atoms with E-state index in [4.69, 9.17) is 4.74 Å². The molecule has 5 nitrogen and oxygen atoms in total. The molecule has 0 aliphatic carbocycles. The number of carbonyl (C=O) groups is 1. The zero-order chi connectivity index (χ0) is 21.9. The Hall–Kier alpha value is -2.34. The third-order valence-electron chi connectivity index (χ3n) is 5.50. The van der Waals surface area contributed by atoms with E-state index in [2.05, 4.69) is 20.8 Å². The largest absolute Gasteiger partial charge is 0.494 e. The molecule has 1 unspecified atom stereocenters. The fourth-order valence-corrected chi connectivity index (χ4v) is 5.45. The molecule has 0 bridgehead atoms. The van der Waals surface area contributed by atoms with Gasteiger partial charge in [0.05, 0.1) is 18.1 Å². The lowest BCUT2D eigenvalue weighted by molar-refractivity contribution is 0.0681. The van der Waals surface area contributed by atoms with Crippen molar-refractivity contribution in [2.45, 2.75) is 52.1 Å². The average Bonchev–Trinajstić information content (AvgIpc) is 3.06. The van der Waals surface area contributed by atoms with Crippen LogP contribution in [0.3, 0.4) is 0 Å². The van der Waals surface area contributed by atoms with Crippen LogP contribution in [0, 0.1) is 0 Å². The molecule has 1 fully saturated rings. The van der Waals surface area contributed by atoms with E-state index >= 15 is 0 Å². The molecule has 3 rings (SSSR count). The molecule has 0 spiro atoms. The van der Waals surface area contributed by atoms with Gasteiger partial charge in [-0.25, -0.2) is 8.42 Å². The van der Waals surface area contributed by atoms with E-state index in [0.29, 0.717) is 25.1 Å². The third-order valence-corrected chi connectivity index (χ3v) is 7.25. The minimum absolute atomic E-state index is 0.00308. The van der Waals surface area contributed by atoms with Gasteiger partial charge in [-0.3, -0.25) is 4.79 Å². The first-order valence-corrected chi connectivity index (χ1v) is 12.2. The monoisotopic (exact) mass is 429 g/mol. The molecule has 2 aromatic carbocycles. The van der Waals surface area contributed by atoms with Crippen molar-refractivity contribution in [3.63, 3.8) is 0 Å². The van der Waals surface area contributed by atoms with Crippen molar-refractivity contribution < 1.29 is 17.9 Å². The van der Waals surface area contributed by atoms with Crippen LogP contribution in [-0.4, -0.2) is 43.4 Å². The molecular formula is C24H31NO4S. The molecule has 1 saturated heterocycles. The number of carbonyl (C=O) groups excluding carboxylic acids is 1. The minimum atomic E-state index is -3.10. The number of benzene rings is 2. The van der Waals surface area contributed by atoms with E-state index in [1.165, 1.54) is 0 Å². The van der Waals surface area contributed by atoms with Crippen molar-refractivity contribution in [3.05, 3.63) is 65.2 Å². The fourth-order valence-electron chi connectivity index (χ4n) is 3.72. The summed E-state index contributed by atoms with van der Waals surface area (Å²) in [7, 11) is -3.10. The molecule has 162 valence electrons. The van der Waals surface area contributed by atoms with Crippen molar-refractivity contribution in [2.75, 3.05) is 18.1 Å². The van der Waals surface area contributed by atoms with Crippen LogP contribution < -0.4 is 4.74 Å². The minimum Gasteiger partial charge on any atom is -0.494 e. The topological polar surface area (TPSA) is 63.7 Å². The average molecular weight is 430 g/mol. The summed E-state index contributed by atoms with van der Waals surface area (Å²) in [5.41, 5.74) is 2.68. The second kappa shape index (κ2) is 8.80. The van der Waals surface area contributed by atoms with Crippen LogP contribution in [0.15, 0.2) is 48.5 Å². The van der Waals surface area contributed by atoms with Crippen LogP contribution >= 0.6 is 0 Å². The maximum Gasteiger partial charge on any atom is 0.254 e. The van der Waals surface area contributed by atoms with Gasteiger partial charge in [0.25, 0.3) is 5.91 Å². The van der Waals surface area contributed by atoms with E-state index in [-0.39, 0.29) is 28.9 Å². The Labute approximate surface area is 180 Å². The summed E-state index contributed by atoms with van der Waals surface area (Å²) in [6, 6.07) is 15.0. The van der Waals surface area contributed by atoms with Gasteiger partial charge in [0.15, 0.2) is 9.84 Å². The van der Waals surface area contributed by atoms with Gasteiger partial charge >= 0.3 is 0 Å². The molecule has 0 saturated carbocycles. The molecule has 0 radical (unpaired) electrons. The van der Waals surface area contributed by atoms with E-state index in [1.807, 2.05) is 55.5 Å². The smallest absolute Gasteiger partial charge is 0.254 e. The highest BCUT2D eigenvalue weighted by Crippen LogP contribution is 2.26. The standard InChI is InChI=1S/C24H31NO4S/c1-5-29-22-12-6-18(7-13-22)16-25(21-14-15-30(27,28)17-21)23(26)19-8-10-20(11-9-19)24(2,3)4/h6-13,21H,5,14-17H2,1-4H3. The predicted molar refractivity (Wildman–Crippen MR) is 120 cm³/mol. The highest BCUT2D eigenvalue weighted by Gasteiger charge is 2.35. The van der Waals surface area contributed by atoms with E-state index in [9.17, 15) is 13.2 Å². The van der Waals surface area contributed by atoms with Crippen LogP contribution in [0.4, 0.5) is 0 Å². The maximum absolute atomic E-state index is 13.4. The molecule has 1 aliphatic heterocycles. The lowest BCUT2D eigenvalue weighted by Crippen LogP contribution is -2.40. The molecule has 1 atom stereocenters. The van der Waals surface area contributed by atoms with Crippen molar-refractivity contribution in [2.24, 2.45) is 0 Å². The molecule has 1 aliphatic rings. The molecule has 6 heteroatoms. The second-order valence-corrected chi connectivity index (χ2v) is 11.1. The Morgan fingerprint density at radius 3 is 2.20 bits per heavy atom. The SMILES string of the molecule is CCOc1ccc(CN(C(=O)c2ccc(C(C)(C)C)cc2)C2CCS(=O)(=O)C2)cc1.